The first kappa shape index (κ1) is 21.2. The second-order valence-electron chi connectivity index (χ2n) is 8.65. The lowest BCUT2D eigenvalue weighted by Gasteiger charge is -2.35. The highest BCUT2D eigenvalue weighted by Gasteiger charge is 2.31. The zero-order valence-corrected chi connectivity index (χ0v) is 19.5. The Labute approximate surface area is 189 Å². The van der Waals surface area contributed by atoms with Gasteiger partial charge in [0.25, 0.3) is 0 Å². The van der Waals surface area contributed by atoms with Gasteiger partial charge in [-0.2, -0.15) is 9.40 Å². The summed E-state index contributed by atoms with van der Waals surface area (Å²) in [4.78, 5) is 7.09. The zero-order chi connectivity index (χ0) is 22.3. The molecule has 1 aliphatic carbocycles. The van der Waals surface area contributed by atoms with Crippen LogP contribution in [0.25, 0.3) is 5.82 Å². The molecule has 0 radical (unpaired) electrons. The van der Waals surface area contributed by atoms with Crippen molar-refractivity contribution in [3.63, 3.8) is 0 Å². The van der Waals surface area contributed by atoms with Gasteiger partial charge in [0.05, 0.1) is 22.0 Å². The summed E-state index contributed by atoms with van der Waals surface area (Å²) in [5.41, 5.74) is 5.52. The van der Waals surface area contributed by atoms with Crippen LogP contribution in [-0.2, 0) is 22.9 Å². The van der Waals surface area contributed by atoms with Crippen LogP contribution in [-0.4, -0.2) is 53.7 Å². The van der Waals surface area contributed by atoms with Crippen molar-refractivity contribution in [1.29, 1.82) is 0 Å². The number of hydrogen-bond donors (Lipinski definition) is 0. The van der Waals surface area contributed by atoms with Gasteiger partial charge in [0, 0.05) is 32.4 Å². The fraction of sp³-hybridized carbons (Fsp3) is 0.417. The summed E-state index contributed by atoms with van der Waals surface area (Å²) in [6.07, 6.45) is 6.12. The van der Waals surface area contributed by atoms with Gasteiger partial charge < -0.3 is 4.90 Å². The molecule has 1 aromatic carbocycles. The van der Waals surface area contributed by atoms with Crippen molar-refractivity contribution in [3.05, 3.63) is 65.1 Å². The van der Waals surface area contributed by atoms with Crippen LogP contribution in [0.3, 0.4) is 0 Å². The van der Waals surface area contributed by atoms with E-state index in [1.165, 1.54) is 17.5 Å². The molecule has 8 heteroatoms. The number of anilines is 1. The van der Waals surface area contributed by atoms with Crippen LogP contribution in [0.15, 0.2) is 47.5 Å². The Morgan fingerprint density at radius 2 is 1.66 bits per heavy atom. The number of nitrogens with zero attached hydrogens (tertiary/aromatic N) is 5. The van der Waals surface area contributed by atoms with Gasteiger partial charge >= 0.3 is 0 Å². The lowest BCUT2D eigenvalue weighted by atomic mass is 9.92. The summed E-state index contributed by atoms with van der Waals surface area (Å²) in [7, 11) is -3.48. The second kappa shape index (κ2) is 8.33. The summed E-state index contributed by atoms with van der Waals surface area (Å²) in [6.45, 7) is 6.25. The van der Waals surface area contributed by atoms with Gasteiger partial charge in [-0.15, -0.1) is 0 Å². The van der Waals surface area contributed by atoms with Crippen molar-refractivity contribution >= 4 is 15.7 Å². The second-order valence-corrected chi connectivity index (χ2v) is 10.6. The van der Waals surface area contributed by atoms with Crippen LogP contribution in [0, 0.1) is 13.8 Å². The summed E-state index contributed by atoms with van der Waals surface area (Å²) in [6, 6.07) is 11.5. The van der Waals surface area contributed by atoms with E-state index in [-0.39, 0.29) is 0 Å². The molecule has 0 N–H and O–H groups in total. The molecule has 1 fully saturated rings. The number of sulfonamides is 1. The molecule has 0 amide bonds. The highest BCUT2D eigenvalue weighted by atomic mass is 32.2. The zero-order valence-electron chi connectivity index (χ0n) is 18.7. The van der Waals surface area contributed by atoms with Crippen LogP contribution in [0.5, 0.6) is 0 Å². The van der Waals surface area contributed by atoms with E-state index in [1.54, 1.807) is 16.6 Å². The molecule has 0 spiro atoms. The normalized spacial score (nSPS) is 17.4. The minimum atomic E-state index is -3.48. The van der Waals surface area contributed by atoms with E-state index in [4.69, 9.17) is 5.10 Å². The van der Waals surface area contributed by atoms with Gasteiger partial charge in [-0.25, -0.2) is 18.1 Å². The number of piperazine rings is 1. The first-order valence-electron chi connectivity index (χ1n) is 11.3. The molecule has 32 heavy (non-hydrogen) atoms. The van der Waals surface area contributed by atoms with Crippen molar-refractivity contribution in [3.8, 4) is 5.82 Å². The number of rotatable bonds is 4. The molecule has 168 valence electrons. The average Bonchev–Trinajstić information content (AvgIpc) is 3.13. The van der Waals surface area contributed by atoms with E-state index in [0.717, 1.165) is 42.2 Å². The largest absolute Gasteiger partial charge is 0.366 e. The quantitative estimate of drug-likeness (QED) is 0.609. The minimum absolute atomic E-state index is 0.432. The third-order valence-electron chi connectivity index (χ3n) is 6.63. The molecule has 0 unspecified atom stereocenters. The van der Waals surface area contributed by atoms with Crippen LogP contribution in [0.4, 0.5) is 5.69 Å². The Hall–Kier alpha value is -2.71. The van der Waals surface area contributed by atoms with Crippen molar-refractivity contribution in [2.45, 2.75) is 44.4 Å². The lowest BCUT2D eigenvalue weighted by Crippen LogP contribution is -2.49. The monoisotopic (exact) mass is 451 g/mol. The Kier molecular flexibility index (Phi) is 5.51. The van der Waals surface area contributed by atoms with Crippen molar-refractivity contribution in [2.75, 3.05) is 31.1 Å². The van der Waals surface area contributed by atoms with Crippen molar-refractivity contribution in [1.82, 2.24) is 19.1 Å². The lowest BCUT2D eigenvalue weighted by molar-refractivity contribution is 0.384. The Bertz CT molecular complexity index is 1230. The van der Waals surface area contributed by atoms with E-state index in [2.05, 4.69) is 9.88 Å². The topological polar surface area (TPSA) is 71.3 Å². The van der Waals surface area contributed by atoms with E-state index >= 15 is 0 Å². The van der Waals surface area contributed by atoms with E-state index in [9.17, 15) is 8.42 Å². The van der Waals surface area contributed by atoms with E-state index in [1.807, 2.05) is 48.9 Å². The molecule has 1 aliphatic heterocycles. The molecular weight excluding hydrogens is 422 g/mol. The van der Waals surface area contributed by atoms with Gasteiger partial charge in [-0.1, -0.05) is 12.1 Å². The number of hydrogen-bond acceptors (Lipinski definition) is 5. The highest BCUT2D eigenvalue weighted by Crippen LogP contribution is 2.29. The third kappa shape index (κ3) is 3.71. The molecule has 0 bridgehead atoms. The van der Waals surface area contributed by atoms with Crippen LogP contribution in [0.2, 0.25) is 0 Å². The highest BCUT2D eigenvalue weighted by molar-refractivity contribution is 7.89. The third-order valence-corrected chi connectivity index (χ3v) is 8.53. The Balaban J connectivity index is 1.34. The number of aromatic nitrogens is 3. The molecule has 3 heterocycles. The van der Waals surface area contributed by atoms with Crippen LogP contribution in [0.1, 0.15) is 35.4 Å². The maximum absolute atomic E-state index is 13.3. The number of pyridine rings is 1. The molecule has 3 aromatic rings. The van der Waals surface area contributed by atoms with Gasteiger partial charge in [0.2, 0.25) is 10.0 Å². The predicted molar refractivity (Wildman–Crippen MR) is 125 cm³/mol. The maximum atomic E-state index is 13.3. The molecule has 0 saturated carbocycles. The summed E-state index contributed by atoms with van der Waals surface area (Å²) in [5.74, 6) is 0.785. The Morgan fingerprint density at radius 3 is 2.38 bits per heavy atom. The first-order valence-corrected chi connectivity index (χ1v) is 12.7. The number of fused-ring (bicyclic) bond motifs is 1. The first-order chi connectivity index (χ1) is 15.4. The number of benzene rings is 1. The summed E-state index contributed by atoms with van der Waals surface area (Å²) < 4.78 is 30.1. The fourth-order valence-corrected chi connectivity index (χ4v) is 6.44. The Morgan fingerprint density at radius 1 is 0.906 bits per heavy atom. The van der Waals surface area contributed by atoms with Crippen molar-refractivity contribution in [2.24, 2.45) is 0 Å². The summed E-state index contributed by atoms with van der Waals surface area (Å²) in [5, 5.41) is 4.69. The predicted octanol–water partition coefficient (Wildman–Crippen LogP) is 3.27. The van der Waals surface area contributed by atoms with Crippen LogP contribution >= 0.6 is 0 Å². The average molecular weight is 452 g/mol. The summed E-state index contributed by atoms with van der Waals surface area (Å²) >= 11 is 0. The van der Waals surface area contributed by atoms with Gasteiger partial charge in [-0.3, -0.25) is 0 Å². The molecule has 1 saturated heterocycles. The number of aryl methyl sites for hydroxylation is 3. The van der Waals surface area contributed by atoms with E-state index < -0.39 is 10.0 Å². The van der Waals surface area contributed by atoms with Gasteiger partial charge in [0.15, 0.2) is 5.82 Å². The maximum Gasteiger partial charge on any atom is 0.243 e. The van der Waals surface area contributed by atoms with Gasteiger partial charge in [0.1, 0.15) is 0 Å². The molecule has 0 atom stereocenters. The SMILES string of the molecule is Cc1nn(-c2ccccn2)c(C)c1N1CCN(S(=O)(=O)c2ccc3c(c2)CCCC3)CC1. The smallest absolute Gasteiger partial charge is 0.243 e. The van der Waals surface area contributed by atoms with Gasteiger partial charge in [-0.05, 0) is 74.9 Å². The molecule has 7 nitrogen and oxygen atoms in total. The van der Waals surface area contributed by atoms with Crippen LogP contribution < -0.4 is 4.90 Å². The van der Waals surface area contributed by atoms with E-state index in [0.29, 0.717) is 31.1 Å². The molecule has 2 aromatic heterocycles. The fourth-order valence-electron chi connectivity index (χ4n) is 4.97. The molecule has 2 aliphatic rings. The molecule has 5 rings (SSSR count). The minimum Gasteiger partial charge on any atom is -0.366 e. The van der Waals surface area contributed by atoms with Crippen molar-refractivity contribution < 1.29 is 8.42 Å². The standard InChI is InChI=1S/C24H29N5O2S/c1-18-24(19(2)29(26-18)23-9-5-6-12-25-23)27-13-15-28(16-14-27)32(30,31)22-11-10-20-7-3-4-8-21(20)17-22/h5-6,9-12,17H,3-4,7-8,13-16H2,1-2H3. The molecular formula is C24H29N5O2S.